The van der Waals surface area contributed by atoms with E-state index in [9.17, 15) is 9.59 Å². The van der Waals surface area contributed by atoms with E-state index in [2.05, 4.69) is 0 Å². The molecule has 0 bridgehead atoms. The van der Waals surface area contributed by atoms with Gasteiger partial charge >= 0.3 is 5.97 Å². The normalized spacial score (nSPS) is 17.3. The van der Waals surface area contributed by atoms with Crippen LogP contribution in [0.3, 0.4) is 0 Å². The molecule has 0 saturated carbocycles. The summed E-state index contributed by atoms with van der Waals surface area (Å²) in [6.07, 6.45) is 1.30. The first-order valence-electron chi connectivity index (χ1n) is 8.88. The van der Waals surface area contributed by atoms with Gasteiger partial charge in [-0.25, -0.2) is 4.79 Å². The number of hydrogen-bond donors (Lipinski definition) is 0. The van der Waals surface area contributed by atoms with Crippen LogP contribution in [0, 0.1) is 0 Å². The first-order valence-corrected chi connectivity index (χ1v) is 9.26. The van der Waals surface area contributed by atoms with E-state index < -0.39 is 12.1 Å². The molecule has 0 radical (unpaired) electrons. The summed E-state index contributed by atoms with van der Waals surface area (Å²) in [4.78, 5) is 24.6. The van der Waals surface area contributed by atoms with Crippen molar-refractivity contribution in [2.75, 3.05) is 13.2 Å². The summed E-state index contributed by atoms with van der Waals surface area (Å²) in [6, 6.07) is 13.1. The lowest BCUT2D eigenvalue weighted by Gasteiger charge is -2.13. The van der Waals surface area contributed by atoms with Gasteiger partial charge in [-0.1, -0.05) is 11.6 Å². The molecule has 6 heteroatoms. The highest BCUT2D eigenvalue weighted by Crippen LogP contribution is 2.18. The predicted molar refractivity (Wildman–Crippen MR) is 102 cm³/mol. The second kappa shape index (κ2) is 9.02. The lowest BCUT2D eigenvalue weighted by Crippen LogP contribution is -2.24. The zero-order chi connectivity index (χ0) is 19.2. The van der Waals surface area contributed by atoms with E-state index in [0.717, 1.165) is 19.4 Å². The Morgan fingerprint density at radius 3 is 2.41 bits per heavy atom. The number of carbonyl (C=O) groups is 2. The lowest BCUT2D eigenvalue weighted by atomic mass is 10.1. The van der Waals surface area contributed by atoms with Crippen LogP contribution in [0.2, 0.25) is 5.02 Å². The summed E-state index contributed by atoms with van der Waals surface area (Å²) in [6.45, 7) is 2.83. The van der Waals surface area contributed by atoms with Gasteiger partial charge in [0.1, 0.15) is 12.4 Å². The molecular formula is C21H21ClO5. The zero-order valence-electron chi connectivity index (χ0n) is 15.0. The Morgan fingerprint density at radius 1 is 1.11 bits per heavy atom. The third-order valence-electron chi connectivity index (χ3n) is 4.33. The Hall–Kier alpha value is -2.37. The molecule has 1 fully saturated rings. The van der Waals surface area contributed by atoms with Crippen molar-refractivity contribution in [1.82, 2.24) is 0 Å². The van der Waals surface area contributed by atoms with Crippen LogP contribution in [-0.4, -0.2) is 37.2 Å². The van der Waals surface area contributed by atoms with Crippen LogP contribution in [0.4, 0.5) is 0 Å². The summed E-state index contributed by atoms with van der Waals surface area (Å²) in [5.74, 6) is -0.181. The number of ketones is 1. The van der Waals surface area contributed by atoms with Gasteiger partial charge in [-0.15, -0.1) is 0 Å². The lowest BCUT2D eigenvalue weighted by molar-refractivity contribution is 0.0318. The minimum Gasteiger partial charge on any atom is -0.491 e. The highest BCUT2D eigenvalue weighted by Gasteiger charge is 2.21. The van der Waals surface area contributed by atoms with Crippen molar-refractivity contribution in [1.29, 1.82) is 0 Å². The maximum absolute atomic E-state index is 12.3. The molecule has 0 unspecified atom stereocenters. The molecule has 2 atom stereocenters. The smallest absolute Gasteiger partial charge is 0.338 e. The average Bonchev–Trinajstić information content (AvgIpc) is 3.20. The first kappa shape index (κ1) is 19.4. The van der Waals surface area contributed by atoms with Gasteiger partial charge in [0, 0.05) is 17.2 Å². The fraction of sp³-hybridized carbons (Fsp3) is 0.333. The van der Waals surface area contributed by atoms with Crippen LogP contribution in [0.15, 0.2) is 48.5 Å². The summed E-state index contributed by atoms with van der Waals surface area (Å²) in [5.41, 5.74) is 0.799. The number of benzene rings is 2. The van der Waals surface area contributed by atoms with Gasteiger partial charge < -0.3 is 14.2 Å². The van der Waals surface area contributed by atoms with Crippen molar-refractivity contribution in [3.63, 3.8) is 0 Å². The van der Waals surface area contributed by atoms with Gasteiger partial charge in [0.25, 0.3) is 0 Å². The zero-order valence-corrected chi connectivity index (χ0v) is 15.8. The molecule has 27 heavy (non-hydrogen) atoms. The molecule has 1 saturated heterocycles. The fourth-order valence-electron chi connectivity index (χ4n) is 2.78. The highest BCUT2D eigenvalue weighted by atomic mass is 35.5. The van der Waals surface area contributed by atoms with Crippen LogP contribution < -0.4 is 4.74 Å². The average molecular weight is 389 g/mol. The molecule has 1 aliphatic rings. The SMILES string of the molecule is C[C@H](OC(=O)c1ccc(OC[C@@H]2CCCO2)cc1)C(=O)c1ccc(Cl)cc1. The maximum Gasteiger partial charge on any atom is 0.338 e. The molecule has 0 spiro atoms. The van der Waals surface area contributed by atoms with E-state index in [1.165, 1.54) is 0 Å². The second-order valence-corrected chi connectivity index (χ2v) is 6.83. The molecule has 1 heterocycles. The molecule has 0 amide bonds. The molecule has 142 valence electrons. The van der Waals surface area contributed by atoms with E-state index in [1.807, 2.05) is 0 Å². The molecule has 0 aromatic heterocycles. The predicted octanol–water partition coefficient (Wildman–Crippen LogP) is 4.33. The van der Waals surface area contributed by atoms with Crippen LogP contribution >= 0.6 is 11.6 Å². The first-order chi connectivity index (χ1) is 13.0. The third-order valence-corrected chi connectivity index (χ3v) is 4.58. The summed E-state index contributed by atoms with van der Waals surface area (Å²) in [7, 11) is 0. The molecule has 2 aromatic rings. The van der Waals surface area contributed by atoms with Crippen molar-refractivity contribution in [3.05, 3.63) is 64.7 Å². The number of esters is 1. The highest BCUT2D eigenvalue weighted by molar-refractivity contribution is 6.30. The Balaban J connectivity index is 1.53. The molecule has 0 aliphatic carbocycles. The molecule has 3 rings (SSSR count). The summed E-state index contributed by atoms with van der Waals surface area (Å²) >= 11 is 5.82. The van der Waals surface area contributed by atoms with Crippen molar-refractivity contribution in [3.8, 4) is 5.75 Å². The van der Waals surface area contributed by atoms with Crippen molar-refractivity contribution in [2.24, 2.45) is 0 Å². The minimum atomic E-state index is -0.894. The maximum atomic E-state index is 12.3. The monoisotopic (exact) mass is 388 g/mol. The molecule has 2 aromatic carbocycles. The minimum absolute atomic E-state index is 0.134. The summed E-state index contributed by atoms with van der Waals surface area (Å²) < 4.78 is 16.5. The van der Waals surface area contributed by atoms with Crippen molar-refractivity contribution in [2.45, 2.75) is 32.0 Å². The number of halogens is 1. The number of Topliss-reactive ketones (excluding diaryl/α,β-unsaturated/α-hetero) is 1. The van der Waals surface area contributed by atoms with Gasteiger partial charge in [-0.2, -0.15) is 0 Å². The van der Waals surface area contributed by atoms with E-state index >= 15 is 0 Å². The molecule has 1 aliphatic heterocycles. The summed E-state index contributed by atoms with van der Waals surface area (Å²) in [5, 5.41) is 0.540. The van der Waals surface area contributed by atoms with Gasteiger partial charge in [-0.05, 0) is 68.3 Å². The Kier molecular flexibility index (Phi) is 6.48. The number of hydrogen-bond acceptors (Lipinski definition) is 5. The van der Waals surface area contributed by atoms with Gasteiger partial charge in [-0.3, -0.25) is 4.79 Å². The van der Waals surface area contributed by atoms with Crippen molar-refractivity contribution >= 4 is 23.4 Å². The third kappa shape index (κ3) is 5.31. The van der Waals surface area contributed by atoms with Crippen LogP contribution in [-0.2, 0) is 9.47 Å². The standard InChI is InChI=1S/C21H21ClO5/c1-14(20(23)15-4-8-17(22)9-5-15)27-21(24)16-6-10-18(11-7-16)26-13-19-3-2-12-25-19/h4-11,14,19H,2-3,12-13H2,1H3/t14-,19-/m0/s1. The van der Waals surface area contributed by atoms with Gasteiger partial charge in [0.05, 0.1) is 11.7 Å². The second-order valence-electron chi connectivity index (χ2n) is 6.39. The Labute approximate surface area is 163 Å². The topological polar surface area (TPSA) is 61.8 Å². The van der Waals surface area contributed by atoms with Crippen LogP contribution in [0.1, 0.15) is 40.5 Å². The quantitative estimate of drug-likeness (QED) is 0.522. The molecular weight excluding hydrogens is 368 g/mol. The van der Waals surface area contributed by atoms with E-state index in [1.54, 1.807) is 55.5 Å². The van der Waals surface area contributed by atoms with Crippen LogP contribution in [0.5, 0.6) is 5.75 Å². The van der Waals surface area contributed by atoms with E-state index in [0.29, 0.717) is 28.5 Å². The number of carbonyl (C=O) groups excluding carboxylic acids is 2. The van der Waals surface area contributed by atoms with E-state index in [4.69, 9.17) is 25.8 Å². The Bertz CT molecular complexity index is 779. The molecule has 5 nitrogen and oxygen atoms in total. The molecule has 0 N–H and O–H groups in total. The fourth-order valence-corrected chi connectivity index (χ4v) is 2.91. The van der Waals surface area contributed by atoms with Gasteiger partial charge in [0.15, 0.2) is 6.10 Å². The van der Waals surface area contributed by atoms with E-state index in [-0.39, 0.29) is 11.9 Å². The largest absolute Gasteiger partial charge is 0.491 e. The van der Waals surface area contributed by atoms with Gasteiger partial charge in [0.2, 0.25) is 5.78 Å². The van der Waals surface area contributed by atoms with Crippen LogP contribution in [0.25, 0.3) is 0 Å². The van der Waals surface area contributed by atoms with Crippen molar-refractivity contribution < 1.29 is 23.8 Å². The Morgan fingerprint density at radius 2 is 1.78 bits per heavy atom. The number of rotatable bonds is 7. The number of ether oxygens (including phenoxy) is 3.